The molecule has 0 aromatic carbocycles. The minimum Gasteiger partial charge on any atom is -0.444 e. The van der Waals surface area contributed by atoms with Gasteiger partial charge in [-0.15, -0.1) is 11.6 Å². The number of anilines is 1. The molecule has 1 unspecified atom stereocenters. The Labute approximate surface area is 152 Å². The number of hydrogen-bond donors (Lipinski definition) is 0. The second-order valence-electron chi connectivity index (χ2n) is 7.68. The van der Waals surface area contributed by atoms with Crippen LogP contribution in [-0.4, -0.2) is 57.3 Å². The standard InChI is InChI=1S/C17H25ClN4O3/c1-17(2,3)25-16(24)20-6-4-13(5-7-20)22-11-14(9-19-22)21-10-12(18)8-15(21)23/h9,11-13H,4-8,10H2,1-3H3. The summed E-state index contributed by atoms with van der Waals surface area (Å²) in [6, 6.07) is 0.219. The van der Waals surface area contributed by atoms with E-state index in [4.69, 9.17) is 16.3 Å². The number of halogens is 1. The van der Waals surface area contributed by atoms with Gasteiger partial charge in [-0.3, -0.25) is 9.48 Å². The molecule has 138 valence electrons. The van der Waals surface area contributed by atoms with Crippen LogP contribution >= 0.6 is 11.6 Å². The van der Waals surface area contributed by atoms with E-state index in [9.17, 15) is 9.59 Å². The average Bonchev–Trinajstić information content (AvgIpc) is 3.12. The molecule has 0 saturated carbocycles. The summed E-state index contributed by atoms with van der Waals surface area (Å²) in [5, 5.41) is 4.29. The molecule has 2 amide bonds. The van der Waals surface area contributed by atoms with E-state index in [2.05, 4.69) is 5.10 Å². The Morgan fingerprint density at radius 1 is 1.32 bits per heavy atom. The van der Waals surface area contributed by atoms with Gasteiger partial charge < -0.3 is 14.5 Å². The molecular weight excluding hydrogens is 344 g/mol. The SMILES string of the molecule is CC(C)(C)OC(=O)N1CCC(n2cc(N3CC(Cl)CC3=O)cn2)CC1. The third kappa shape index (κ3) is 4.26. The highest BCUT2D eigenvalue weighted by atomic mass is 35.5. The highest BCUT2D eigenvalue weighted by molar-refractivity contribution is 6.24. The molecule has 1 aromatic heterocycles. The summed E-state index contributed by atoms with van der Waals surface area (Å²) in [6.45, 7) is 7.42. The number of carbonyl (C=O) groups is 2. The van der Waals surface area contributed by atoms with Gasteiger partial charge >= 0.3 is 6.09 Å². The number of hydrogen-bond acceptors (Lipinski definition) is 4. The van der Waals surface area contributed by atoms with Gasteiger partial charge in [0.2, 0.25) is 5.91 Å². The van der Waals surface area contributed by atoms with Crippen molar-refractivity contribution in [1.82, 2.24) is 14.7 Å². The first-order valence-corrected chi connectivity index (χ1v) is 9.13. The van der Waals surface area contributed by atoms with Crippen LogP contribution < -0.4 is 4.90 Å². The van der Waals surface area contributed by atoms with Crippen LogP contribution in [0.3, 0.4) is 0 Å². The van der Waals surface area contributed by atoms with Crippen molar-refractivity contribution in [1.29, 1.82) is 0 Å². The maximum Gasteiger partial charge on any atom is 0.410 e. The van der Waals surface area contributed by atoms with E-state index in [1.54, 1.807) is 16.0 Å². The van der Waals surface area contributed by atoms with Gasteiger partial charge in [0.1, 0.15) is 5.60 Å². The third-order valence-electron chi connectivity index (χ3n) is 4.47. The van der Waals surface area contributed by atoms with Crippen molar-refractivity contribution in [3.05, 3.63) is 12.4 Å². The Kier molecular flexibility index (Phi) is 4.95. The average molecular weight is 369 g/mol. The molecule has 2 aliphatic heterocycles. The topological polar surface area (TPSA) is 67.7 Å². The molecule has 3 heterocycles. The van der Waals surface area contributed by atoms with Crippen molar-refractivity contribution in [3.8, 4) is 0 Å². The maximum absolute atomic E-state index is 12.1. The van der Waals surface area contributed by atoms with E-state index in [1.165, 1.54) is 0 Å². The number of ether oxygens (including phenoxy) is 1. The van der Waals surface area contributed by atoms with Gasteiger partial charge in [0.15, 0.2) is 0 Å². The zero-order chi connectivity index (χ0) is 18.2. The van der Waals surface area contributed by atoms with Crippen LogP contribution in [0.15, 0.2) is 12.4 Å². The van der Waals surface area contributed by atoms with E-state index in [1.807, 2.05) is 31.6 Å². The predicted molar refractivity (Wildman–Crippen MR) is 94.9 cm³/mol. The molecule has 0 N–H and O–H groups in total. The third-order valence-corrected chi connectivity index (χ3v) is 4.76. The van der Waals surface area contributed by atoms with Crippen LogP contribution in [0.1, 0.15) is 46.1 Å². The minimum absolute atomic E-state index is 0.0410. The highest BCUT2D eigenvalue weighted by Crippen LogP contribution is 2.28. The van der Waals surface area contributed by atoms with E-state index in [0.29, 0.717) is 26.1 Å². The molecule has 0 spiro atoms. The lowest BCUT2D eigenvalue weighted by Crippen LogP contribution is -2.42. The number of alkyl halides is 1. The number of rotatable bonds is 2. The first-order valence-electron chi connectivity index (χ1n) is 8.69. The number of aromatic nitrogens is 2. The fourth-order valence-corrected chi connectivity index (χ4v) is 3.49. The second kappa shape index (κ2) is 6.86. The van der Waals surface area contributed by atoms with Crippen molar-refractivity contribution in [2.45, 2.75) is 57.1 Å². The number of nitrogens with zero attached hydrogens (tertiary/aromatic N) is 4. The first kappa shape index (κ1) is 18.0. The van der Waals surface area contributed by atoms with Crippen molar-refractivity contribution in [3.63, 3.8) is 0 Å². The number of piperidine rings is 1. The summed E-state index contributed by atoms with van der Waals surface area (Å²) in [5.41, 5.74) is 0.315. The second-order valence-corrected chi connectivity index (χ2v) is 8.30. The Bertz CT molecular complexity index is 647. The number of amides is 2. The van der Waals surface area contributed by atoms with Crippen LogP contribution in [0.4, 0.5) is 10.5 Å². The van der Waals surface area contributed by atoms with Gasteiger partial charge in [0.25, 0.3) is 0 Å². The smallest absolute Gasteiger partial charge is 0.410 e. The highest BCUT2D eigenvalue weighted by Gasteiger charge is 2.31. The van der Waals surface area contributed by atoms with Gasteiger partial charge in [-0.2, -0.15) is 5.10 Å². The van der Waals surface area contributed by atoms with E-state index in [-0.39, 0.29) is 23.4 Å². The molecule has 0 bridgehead atoms. The summed E-state index contributed by atoms with van der Waals surface area (Å²) >= 11 is 6.06. The zero-order valence-electron chi connectivity index (χ0n) is 14.9. The molecule has 2 saturated heterocycles. The summed E-state index contributed by atoms with van der Waals surface area (Å²) in [6.07, 6.45) is 5.36. The molecule has 1 atom stereocenters. The van der Waals surface area contributed by atoms with Crippen LogP contribution in [0.5, 0.6) is 0 Å². The molecule has 7 nitrogen and oxygen atoms in total. The van der Waals surface area contributed by atoms with Gasteiger partial charge in [-0.05, 0) is 33.6 Å². The Morgan fingerprint density at radius 3 is 2.56 bits per heavy atom. The monoisotopic (exact) mass is 368 g/mol. The van der Waals surface area contributed by atoms with Crippen molar-refractivity contribution < 1.29 is 14.3 Å². The Balaban J connectivity index is 1.57. The molecule has 3 rings (SSSR count). The van der Waals surface area contributed by atoms with Gasteiger partial charge in [-0.25, -0.2) is 4.79 Å². The van der Waals surface area contributed by atoms with Crippen LogP contribution in [0.25, 0.3) is 0 Å². The molecule has 0 aliphatic carbocycles. The lowest BCUT2D eigenvalue weighted by molar-refractivity contribution is -0.117. The molecule has 2 fully saturated rings. The van der Waals surface area contributed by atoms with Crippen LogP contribution in [-0.2, 0) is 9.53 Å². The first-order chi connectivity index (χ1) is 11.7. The number of likely N-dealkylation sites (tertiary alicyclic amines) is 1. The van der Waals surface area contributed by atoms with Crippen LogP contribution in [0.2, 0.25) is 0 Å². The van der Waals surface area contributed by atoms with E-state index >= 15 is 0 Å². The van der Waals surface area contributed by atoms with Crippen LogP contribution in [0, 0.1) is 0 Å². The lowest BCUT2D eigenvalue weighted by Gasteiger charge is -2.33. The summed E-state index contributed by atoms with van der Waals surface area (Å²) < 4.78 is 7.32. The maximum atomic E-state index is 12.1. The molecular formula is C17H25ClN4O3. The van der Waals surface area contributed by atoms with Crippen molar-refractivity contribution in [2.24, 2.45) is 0 Å². The van der Waals surface area contributed by atoms with Crippen molar-refractivity contribution in [2.75, 3.05) is 24.5 Å². The Morgan fingerprint density at radius 2 is 2.00 bits per heavy atom. The minimum atomic E-state index is -0.479. The summed E-state index contributed by atoms with van der Waals surface area (Å²) in [4.78, 5) is 27.5. The molecule has 2 aliphatic rings. The fourth-order valence-electron chi connectivity index (χ4n) is 3.22. The quantitative estimate of drug-likeness (QED) is 0.753. The van der Waals surface area contributed by atoms with Gasteiger partial charge in [0, 0.05) is 32.3 Å². The molecule has 0 radical (unpaired) electrons. The summed E-state index contributed by atoms with van der Waals surface area (Å²) in [7, 11) is 0. The van der Waals surface area contributed by atoms with E-state index in [0.717, 1.165) is 18.5 Å². The molecule has 25 heavy (non-hydrogen) atoms. The normalized spacial score (nSPS) is 22.6. The summed E-state index contributed by atoms with van der Waals surface area (Å²) in [5.74, 6) is 0.0410. The van der Waals surface area contributed by atoms with Gasteiger partial charge in [0.05, 0.1) is 23.3 Å². The molecule has 8 heteroatoms. The largest absolute Gasteiger partial charge is 0.444 e. The predicted octanol–water partition coefficient (Wildman–Crippen LogP) is 2.80. The lowest BCUT2D eigenvalue weighted by atomic mass is 10.1. The Hall–Kier alpha value is -1.76. The van der Waals surface area contributed by atoms with Crippen molar-refractivity contribution >= 4 is 29.3 Å². The fraction of sp³-hybridized carbons (Fsp3) is 0.706. The number of carbonyl (C=O) groups excluding carboxylic acids is 2. The molecule has 1 aromatic rings. The van der Waals surface area contributed by atoms with E-state index < -0.39 is 5.60 Å². The zero-order valence-corrected chi connectivity index (χ0v) is 15.7. The van der Waals surface area contributed by atoms with Gasteiger partial charge in [-0.1, -0.05) is 0 Å².